The molecule has 2 N–H and O–H groups in total. The van der Waals surface area contributed by atoms with Gasteiger partial charge in [0.05, 0.1) is 6.61 Å². The van der Waals surface area contributed by atoms with E-state index in [9.17, 15) is 9.59 Å². The van der Waals surface area contributed by atoms with E-state index in [1.54, 1.807) is 24.9 Å². The van der Waals surface area contributed by atoms with Crippen molar-refractivity contribution in [3.8, 4) is 0 Å². The summed E-state index contributed by atoms with van der Waals surface area (Å²) >= 11 is 0. The summed E-state index contributed by atoms with van der Waals surface area (Å²) in [4.78, 5) is 24.8. The molecule has 5 heteroatoms. The molecule has 0 radical (unpaired) electrons. The lowest BCUT2D eigenvalue weighted by Gasteiger charge is -2.26. The van der Waals surface area contributed by atoms with Crippen LogP contribution in [0.15, 0.2) is 18.2 Å². The summed E-state index contributed by atoms with van der Waals surface area (Å²) in [6.45, 7) is 2.06. The minimum Gasteiger partial charge on any atom is -0.465 e. The summed E-state index contributed by atoms with van der Waals surface area (Å²) in [6.07, 6.45) is 1.17. The zero-order valence-corrected chi connectivity index (χ0v) is 11.2. The zero-order valence-electron chi connectivity index (χ0n) is 11.2. The molecule has 0 aliphatic carbocycles. The number of rotatable bonds is 3. The molecule has 1 atom stereocenters. The maximum absolute atomic E-state index is 11.6. The van der Waals surface area contributed by atoms with E-state index < -0.39 is 12.0 Å². The van der Waals surface area contributed by atoms with Crippen LogP contribution in [0.3, 0.4) is 0 Å². The Bertz CT molecular complexity index is 513. The molecule has 2 rings (SSSR count). The standard InChI is InChI=1S/C14H18N2O3/c1-3-19-14(18)13(15)10-4-6-11-9(8-10)5-7-12(17)16(11)2/h4,6,8,13H,3,5,7,15H2,1-2H3. The van der Waals surface area contributed by atoms with E-state index in [1.807, 2.05) is 12.1 Å². The predicted octanol–water partition coefficient (Wildman–Crippen LogP) is 1.16. The number of esters is 1. The van der Waals surface area contributed by atoms with Gasteiger partial charge in [0.15, 0.2) is 0 Å². The number of hydrogen-bond acceptors (Lipinski definition) is 4. The lowest BCUT2D eigenvalue weighted by Crippen LogP contribution is -2.31. The highest BCUT2D eigenvalue weighted by atomic mass is 16.5. The van der Waals surface area contributed by atoms with Crippen molar-refractivity contribution in [2.75, 3.05) is 18.6 Å². The Labute approximate surface area is 112 Å². The molecule has 0 saturated carbocycles. The lowest BCUT2D eigenvalue weighted by molar-refractivity contribution is -0.144. The second-order valence-corrected chi connectivity index (χ2v) is 4.57. The average Bonchev–Trinajstić information content (AvgIpc) is 2.42. The fraction of sp³-hybridized carbons (Fsp3) is 0.429. The van der Waals surface area contributed by atoms with Crippen LogP contribution in [-0.2, 0) is 20.7 Å². The van der Waals surface area contributed by atoms with Crippen LogP contribution in [0.4, 0.5) is 5.69 Å². The van der Waals surface area contributed by atoms with Crippen molar-refractivity contribution in [1.29, 1.82) is 0 Å². The Kier molecular flexibility index (Phi) is 3.85. The third-order valence-corrected chi connectivity index (χ3v) is 3.35. The van der Waals surface area contributed by atoms with E-state index in [4.69, 9.17) is 10.5 Å². The first kappa shape index (κ1) is 13.5. The highest BCUT2D eigenvalue weighted by molar-refractivity contribution is 5.96. The molecule has 1 heterocycles. The number of anilines is 1. The van der Waals surface area contributed by atoms with Crippen molar-refractivity contribution in [3.63, 3.8) is 0 Å². The van der Waals surface area contributed by atoms with Gasteiger partial charge in [-0.25, -0.2) is 4.79 Å². The van der Waals surface area contributed by atoms with Crippen LogP contribution >= 0.6 is 0 Å². The van der Waals surface area contributed by atoms with Crippen LogP contribution in [0, 0.1) is 0 Å². The van der Waals surface area contributed by atoms with Crippen molar-refractivity contribution in [2.45, 2.75) is 25.8 Å². The van der Waals surface area contributed by atoms with E-state index in [0.29, 0.717) is 19.4 Å². The molecule has 0 saturated heterocycles. The second kappa shape index (κ2) is 5.40. The van der Waals surface area contributed by atoms with Gasteiger partial charge in [0.1, 0.15) is 6.04 Å². The van der Waals surface area contributed by atoms with Crippen molar-refractivity contribution < 1.29 is 14.3 Å². The third-order valence-electron chi connectivity index (χ3n) is 3.35. The fourth-order valence-corrected chi connectivity index (χ4v) is 2.24. The molecule has 102 valence electrons. The minimum absolute atomic E-state index is 0.106. The number of aryl methyl sites for hydroxylation is 1. The van der Waals surface area contributed by atoms with E-state index in [-0.39, 0.29) is 5.91 Å². The van der Waals surface area contributed by atoms with Crippen LogP contribution in [0.5, 0.6) is 0 Å². The quantitative estimate of drug-likeness (QED) is 0.830. The number of carbonyl (C=O) groups excluding carboxylic acids is 2. The first-order chi connectivity index (χ1) is 9.04. The zero-order chi connectivity index (χ0) is 14.0. The van der Waals surface area contributed by atoms with Crippen molar-refractivity contribution >= 4 is 17.6 Å². The summed E-state index contributed by atoms with van der Waals surface area (Å²) in [5.41, 5.74) is 8.51. The maximum Gasteiger partial charge on any atom is 0.327 e. The van der Waals surface area contributed by atoms with Crippen LogP contribution in [0.1, 0.15) is 30.5 Å². The molecule has 1 aliphatic heterocycles. The fourth-order valence-electron chi connectivity index (χ4n) is 2.24. The van der Waals surface area contributed by atoms with Gasteiger partial charge in [0, 0.05) is 19.2 Å². The van der Waals surface area contributed by atoms with Gasteiger partial charge in [-0.05, 0) is 30.5 Å². The molecule has 1 aromatic carbocycles. The van der Waals surface area contributed by atoms with Gasteiger partial charge in [0.25, 0.3) is 0 Å². The number of amides is 1. The first-order valence-corrected chi connectivity index (χ1v) is 6.36. The molecule has 1 amide bonds. The van der Waals surface area contributed by atoms with E-state index in [1.165, 1.54) is 0 Å². The third kappa shape index (κ3) is 2.61. The number of carbonyl (C=O) groups is 2. The van der Waals surface area contributed by atoms with Gasteiger partial charge in [-0.2, -0.15) is 0 Å². The Morgan fingerprint density at radius 1 is 1.47 bits per heavy atom. The summed E-state index contributed by atoms with van der Waals surface area (Å²) in [5, 5.41) is 0. The first-order valence-electron chi connectivity index (χ1n) is 6.36. The van der Waals surface area contributed by atoms with Gasteiger partial charge >= 0.3 is 5.97 Å². The van der Waals surface area contributed by atoms with E-state index >= 15 is 0 Å². The minimum atomic E-state index is -0.770. The Morgan fingerprint density at radius 3 is 2.89 bits per heavy atom. The summed E-state index contributed by atoms with van der Waals surface area (Å²) in [5.74, 6) is -0.322. The topological polar surface area (TPSA) is 72.6 Å². The molecule has 1 aromatic rings. The van der Waals surface area contributed by atoms with Gasteiger partial charge in [0.2, 0.25) is 5.91 Å². The molecule has 0 spiro atoms. The van der Waals surface area contributed by atoms with Crippen LogP contribution in [0.2, 0.25) is 0 Å². The maximum atomic E-state index is 11.6. The highest BCUT2D eigenvalue weighted by Gasteiger charge is 2.23. The molecular formula is C14H18N2O3. The second-order valence-electron chi connectivity index (χ2n) is 4.57. The van der Waals surface area contributed by atoms with Gasteiger partial charge < -0.3 is 15.4 Å². The number of benzene rings is 1. The summed E-state index contributed by atoms with van der Waals surface area (Å²) in [7, 11) is 1.76. The monoisotopic (exact) mass is 262 g/mol. The van der Waals surface area contributed by atoms with Crippen LogP contribution in [-0.4, -0.2) is 25.5 Å². The van der Waals surface area contributed by atoms with Gasteiger partial charge in [-0.1, -0.05) is 12.1 Å². The van der Waals surface area contributed by atoms with Crippen LogP contribution in [0.25, 0.3) is 0 Å². The van der Waals surface area contributed by atoms with Crippen LogP contribution < -0.4 is 10.6 Å². The molecule has 1 unspecified atom stereocenters. The molecule has 0 bridgehead atoms. The van der Waals surface area contributed by atoms with E-state index in [0.717, 1.165) is 16.8 Å². The van der Waals surface area contributed by atoms with E-state index in [2.05, 4.69) is 0 Å². The molecular weight excluding hydrogens is 244 g/mol. The number of nitrogens with zero attached hydrogens (tertiary/aromatic N) is 1. The lowest BCUT2D eigenvalue weighted by atomic mass is 9.96. The number of hydrogen-bond donors (Lipinski definition) is 1. The smallest absolute Gasteiger partial charge is 0.327 e. The van der Waals surface area contributed by atoms with Gasteiger partial charge in [-0.3, -0.25) is 4.79 Å². The number of nitrogens with two attached hydrogens (primary N) is 1. The highest BCUT2D eigenvalue weighted by Crippen LogP contribution is 2.29. The Balaban J connectivity index is 2.27. The average molecular weight is 262 g/mol. The molecule has 0 aromatic heterocycles. The molecule has 0 fully saturated rings. The largest absolute Gasteiger partial charge is 0.465 e. The molecule has 1 aliphatic rings. The summed E-state index contributed by atoms with van der Waals surface area (Å²) in [6, 6.07) is 4.73. The number of fused-ring (bicyclic) bond motifs is 1. The molecule has 19 heavy (non-hydrogen) atoms. The van der Waals surface area contributed by atoms with Crippen molar-refractivity contribution in [3.05, 3.63) is 29.3 Å². The van der Waals surface area contributed by atoms with Gasteiger partial charge in [-0.15, -0.1) is 0 Å². The van der Waals surface area contributed by atoms with Crippen molar-refractivity contribution in [2.24, 2.45) is 5.73 Å². The van der Waals surface area contributed by atoms with Crippen molar-refractivity contribution in [1.82, 2.24) is 0 Å². The normalized spacial score (nSPS) is 15.9. The molecule has 5 nitrogen and oxygen atoms in total. The Morgan fingerprint density at radius 2 is 2.21 bits per heavy atom. The Hall–Kier alpha value is -1.88. The predicted molar refractivity (Wildman–Crippen MR) is 71.7 cm³/mol. The SMILES string of the molecule is CCOC(=O)C(N)c1ccc2c(c1)CCC(=O)N2C. The summed E-state index contributed by atoms with van der Waals surface area (Å²) < 4.78 is 4.91. The number of ether oxygens (including phenoxy) is 1.